The van der Waals surface area contributed by atoms with E-state index < -0.39 is 0 Å². The predicted octanol–water partition coefficient (Wildman–Crippen LogP) is 3.08. The first-order chi connectivity index (χ1) is 11.2. The van der Waals surface area contributed by atoms with Crippen LogP contribution < -0.4 is 15.4 Å². The van der Waals surface area contributed by atoms with Gasteiger partial charge >= 0.3 is 0 Å². The summed E-state index contributed by atoms with van der Waals surface area (Å²) in [6, 6.07) is 5.35. The number of anilines is 1. The molecule has 1 fully saturated rings. The molecule has 2 rings (SSSR count). The fraction of sp³-hybridized carbons (Fsp3) is 0.588. The first kappa shape index (κ1) is 18.0. The van der Waals surface area contributed by atoms with E-state index in [1.165, 1.54) is 0 Å². The number of para-hydroxylation sites is 1. The molecule has 1 atom stereocenters. The summed E-state index contributed by atoms with van der Waals surface area (Å²) in [7, 11) is 0. The van der Waals surface area contributed by atoms with Crippen molar-refractivity contribution >= 4 is 23.2 Å². The second-order valence-electron chi connectivity index (χ2n) is 5.61. The van der Waals surface area contributed by atoms with E-state index >= 15 is 0 Å². The molecule has 0 aromatic heterocycles. The van der Waals surface area contributed by atoms with E-state index in [0.29, 0.717) is 48.6 Å². The molecule has 0 saturated carbocycles. The number of carbonyl (C=O) groups excluding carboxylic acids is 1. The van der Waals surface area contributed by atoms with Crippen LogP contribution in [-0.4, -0.2) is 38.8 Å². The summed E-state index contributed by atoms with van der Waals surface area (Å²) in [5.41, 5.74) is 0.614. The maximum absolute atomic E-state index is 12.2. The molecule has 0 aliphatic carbocycles. The first-order valence-corrected chi connectivity index (χ1v) is 8.58. The summed E-state index contributed by atoms with van der Waals surface area (Å²) < 4.78 is 10.9. The minimum Gasteiger partial charge on any atom is -0.487 e. The highest BCUT2D eigenvalue weighted by molar-refractivity contribution is 6.32. The van der Waals surface area contributed by atoms with Gasteiger partial charge in [-0.1, -0.05) is 17.7 Å². The number of carbonyl (C=O) groups is 1. The van der Waals surface area contributed by atoms with Gasteiger partial charge in [0.2, 0.25) is 5.91 Å². The average Bonchev–Trinajstić information content (AvgIpc) is 3.05. The van der Waals surface area contributed by atoms with Gasteiger partial charge in [0, 0.05) is 13.0 Å². The van der Waals surface area contributed by atoms with Crippen molar-refractivity contribution in [2.75, 3.05) is 38.2 Å². The second kappa shape index (κ2) is 9.75. The number of hydrogen-bond acceptors (Lipinski definition) is 4. The highest BCUT2D eigenvalue weighted by atomic mass is 35.5. The Labute approximate surface area is 142 Å². The average molecular weight is 341 g/mol. The first-order valence-electron chi connectivity index (χ1n) is 8.20. The molecule has 0 spiro atoms. The molecule has 6 heteroatoms. The zero-order valence-electron chi connectivity index (χ0n) is 13.6. The number of hydrogen-bond donors (Lipinski definition) is 2. The Bertz CT molecular complexity index is 505. The standard InChI is InChI=1S/C17H25ClN2O3/c1-2-22-10-11-23-17-14(18)4-3-5-15(17)20-16(21)7-6-13-8-9-19-12-13/h3-5,13,19H,2,6-12H2,1H3,(H,20,21). The summed E-state index contributed by atoms with van der Waals surface area (Å²) in [4.78, 5) is 12.2. The van der Waals surface area contributed by atoms with Crippen molar-refractivity contribution in [2.24, 2.45) is 5.92 Å². The van der Waals surface area contributed by atoms with E-state index in [0.717, 1.165) is 25.9 Å². The molecule has 1 amide bonds. The van der Waals surface area contributed by atoms with E-state index in [-0.39, 0.29) is 5.91 Å². The zero-order chi connectivity index (χ0) is 16.5. The van der Waals surface area contributed by atoms with Crippen molar-refractivity contribution in [1.29, 1.82) is 0 Å². The Balaban J connectivity index is 1.87. The van der Waals surface area contributed by atoms with E-state index in [4.69, 9.17) is 21.1 Å². The number of amides is 1. The van der Waals surface area contributed by atoms with Crippen LogP contribution in [0.5, 0.6) is 5.75 Å². The molecule has 23 heavy (non-hydrogen) atoms. The van der Waals surface area contributed by atoms with Crippen LogP contribution in [0.1, 0.15) is 26.2 Å². The number of rotatable bonds is 9. The Hall–Kier alpha value is -1.30. The van der Waals surface area contributed by atoms with Crippen molar-refractivity contribution in [3.05, 3.63) is 23.2 Å². The van der Waals surface area contributed by atoms with Crippen LogP contribution in [0.3, 0.4) is 0 Å². The van der Waals surface area contributed by atoms with Crippen LogP contribution in [0, 0.1) is 5.92 Å². The van der Waals surface area contributed by atoms with Gasteiger partial charge in [-0.05, 0) is 50.9 Å². The van der Waals surface area contributed by atoms with Crippen LogP contribution in [0.4, 0.5) is 5.69 Å². The topological polar surface area (TPSA) is 59.6 Å². The van der Waals surface area contributed by atoms with E-state index in [9.17, 15) is 4.79 Å². The molecular formula is C17H25ClN2O3. The van der Waals surface area contributed by atoms with Gasteiger partial charge in [0.05, 0.1) is 17.3 Å². The Morgan fingerprint density at radius 3 is 3.04 bits per heavy atom. The molecule has 1 aromatic rings. The van der Waals surface area contributed by atoms with Crippen molar-refractivity contribution in [2.45, 2.75) is 26.2 Å². The fourth-order valence-electron chi connectivity index (χ4n) is 2.61. The normalized spacial score (nSPS) is 17.2. The lowest BCUT2D eigenvalue weighted by atomic mass is 10.0. The maximum Gasteiger partial charge on any atom is 0.224 e. The van der Waals surface area contributed by atoms with Crippen LogP contribution in [0.2, 0.25) is 5.02 Å². The highest BCUT2D eigenvalue weighted by Crippen LogP contribution is 2.33. The molecule has 1 unspecified atom stereocenters. The molecule has 5 nitrogen and oxygen atoms in total. The van der Waals surface area contributed by atoms with Crippen molar-refractivity contribution in [3.63, 3.8) is 0 Å². The van der Waals surface area contributed by atoms with Gasteiger partial charge in [-0.3, -0.25) is 4.79 Å². The van der Waals surface area contributed by atoms with Gasteiger partial charge in [-0.2, -0.15) is 0 Å². The lowest BCUT2D eigenvalue weighted by Crippen LogP contribution is -2.16. The third kappa shape index (κ3) is 6.01. The van der Waals surface area contributed by atoms with Gasteiger partial charge in [-0.15, -0.1) is 0 Å². The molecule has 0 radical (unpaired) electrons. The molecule has 1 aromatic carbocycles. The van der Waals surface area contributed by atoms with Crippen molar-refractivity contribution in [3.8, 4) is 5.75 Å². The SMILES string of the molecule is CCOCCOc1c(Cl)cccc1NC(=O)CCC1CCNC1. The van der Waals surface area contributed by atoms with Gasteiger partial charge in [0.15, 0.2) is 5.75 Å². The summed E-state index contributed by atoms with van der Waals surface area (Å²) in [6.07, 6.45) is 2.56. The molecule has 1 saturated heterocycles. The number of benzene rings is 1. The third-order valence-corrected chi connectivity index (χ3v) is 4.16. The smallest absolute Gasteiger partial charge is 0.224 e. The maximum atomic E-state index is 12.2. The summed E-state index contributed by atoms with van der Waals surface area (Å²) >= 11 is 6.18. The third-order valence-electron chi connectivity index (χ3n) is 3.86. The molecule has 128 valence electrons. The summed E-state index contributed by atoms with van der Waals surface area (Å²) in [5.74, 6) is 1.10. The largest absolute Gasteiger partial charge is 0.487 e. The van der Waals surface area contributed by atoms with Crippen molar-refractivity contribution in [1.82, 2.24) is 5.32 Å². The molecule has 1 heterocycles. The van der Waals surface area contributed by atoms with Crippen LogP contribution in [0.25, 0.3) is 0 Å². The van der Waals surface area contributed by atoms with Gasteiger partial charge in [-0.25, -0.2) is 0 Å². The zero-order valence-corrected chi connectivity index (χ0v) is 14.3. The van der Waals surface area contributed by atoms with E-state index in [2.05, 4.69) is 10.6 Å². The van der Waals surface area contributed by atoms with Crippen LogP contribution in [-0.2, 0) is 9.53 Å². The lowest BCUT2D eigenvalue weighted by molar-refractivity contribution is -0.116. The minimum atomic E-state index is -0.00572. The summed E-state index contributed by atoms with van der Waals surface area (Å²) in [5, 5.41) is 6.71. The second-order valence-corrected chi connectivity index (χ2v) is 6.01. The van der Waals surface area contributed by atoms with Gasteiger partial charge in [0.25, 0.3) is 0 Å². The quantitative estimate of drug-likeness (QED) is 0.678. The van der Waals surface area contributed by atoms with Crippen molar-refractivity contribution < 1.29 is 14.3 Å². The Morgan fingerprint density at radius 2 is 2.30 bits per heavy atom. The number of halogens is 1. The number of nitrogens with one attached hydrogen (secondary N) is 2. The highest BCUT2D eigenvalue weighted by Gasteiger charge is 2.17. The lowest BCUT2D eigenvalue weighted by Gasteiger charge is -2.14. The Morgan fingerprint density at radius 1 is 1.43 bits per heavy atom. The molecule has 1 aliphatic rings. The molecular weight excluding hydrogens is 316 g/mol. The minimum absolute atomic E-state index is 0.00572. The Kier molecular flexibility index (Phi) is 7.65. The van der Waals surface area contributed by atoms with Gasteiger partial charge in [0.1, 0.15) is 6.61 Å². The number of ether oxygens (including phenoxy) is 2. The monoisotopic (exact) mass is 340 g/mol. The van der Waals surface area contributed by atoms with Crippen LogP contribution >= 0.6 is 11.6 Å². The van der Waals surface area contributed by atoms with E-state index in [1.54, 1.807) is 18.2 Å². The summed E-state index contributed by atoms with van der Waals surface area (Å²) in [6.45, 7) is 5.53. The van der Waals surface area contributed by atoms with Crippen LogP contribution in [0.15, 0.2) is 18.2 Å². The fourth-order valence-corrected chi connectivity index (χ4v) is 2.84. The molecule has 1 aliphatic heterocycles. The van der Waals surface area contributed by atoms with Gasteiger partial charge < -0.3 is 20.1 Å². The molecule has 2 N–H and O–H groups in total. The predicted molar refractivity (Wildman–Crippen MR) is 92.3 cm³/mol. The van der Waals surface area contributed by atoms with E-state index in [1.807, 2.05) is 6.92 Å². The molecule has 0 bridgehead atoms.